The molecule has 0 amide bonds. The van der Waals surface area contributed by atoms with Crippen molar-refractivity contribution in [1.29, 1.82) is 0 Å². The fourth-order valence-electron chi connectivity index (χ4n) is 2.63. The van der Waals surface area contributed by atoms with Gasteiger partial charge in [0, 0.05) is 25.9 Å². The second-order valence-electron chi connectivity index (χ2n) is 6.60. The van der Waals surface area contributed by atoms with Crippen molar-refractivity contribution < 1.29 is 23.9 Å². The first-order valence-corrected chi connectivity index (χ1v) is 11.2. The number of fused-ring (bicyclic) bond motifs is 1. The first-order chi connectivity index (χ1) is 15.2. The zero-order valence-corrected chi connectivity index (χ0v) is 20.9. The Balaban J connectivity index is 0.000000260. The quantitative estimate of drug-likeness (QED) is 0.198. The van der Waals surface area contributed by atoms with Crippen LogP contribution >= 0.6 is 22.6 Å². The van der Waals surface area contributed by atoms with Gasteiger partial charge in [-0.05, 0) is 68.5 Å². The first kappa shape index (κ1) is 27.2. The van der Waals surface area contributed by atoms with Gasteiger partial charge >= 0.3 is 11.9 Å². The van der Waals surface area contributed by atoms with Gasteiger partial charge in [-0.1, -0.05) is 30.3 Å². The Kier molecular flexibility index (Phi) is 12.1. The molecule has 0 unspecified atom stereocenters. The van der Waals surface area contributed by atoms with E-state index < -0.39 is 5.97 Å². The Hall–Kier alpha value is -2.88. The highest BCUT2D eigenvalue weighted by Crippen LogP contribution is 2.22. The van der Waals surface area contributed by atoms with Gasteiger partial charge < -0.3 is 20.2 Å². The number of benzene rings is 2. The van der Waals surface area contributed by atoms with E-state index in [1.807, 2.05) is 62.4 Å². The molecule has 1 aromatic heterocycles. The molecule has 3 rings (SSSR count). The smallest absolute Gasteiger partial charge is 0.340 e. The van der Waals surface area contributed by atoms with Gasteiger partial charge in [-0.25, -0.2) is 4.79 Å². The molecule has 172 valence electrons. The van der Waals surface area contributed by atoms with Crippen LogP contribution in [0.25, 0.3) is 10.9 Å². The standard InChI is InChI=1S/C12H13NO2.C6H6IN.C6H10O3/c1-3-15-12(14)11-8(2)13-10-7-5-4-6-9(10)11;7-5-3-1-2-4-6(5)8;1-3-9-6(8)4-5(2)7/h4-7,13H,3H2,1-2H3;1-4H,8H2;3-4H2,1-2H3. The number of nitrogen functional groups attached to an aromatic ring is 1. The summed E-state index contributed by atoms with van der Waals surface area (Å²) in [6.45, 7) is 7.49. The molecule has 1 heterocycles. The van der Waals surface area contributed by atoms with Crippen molar-refractivity contribution in [3.8, 4) is 0 Å². The van der Waals surface area contributed by atoms with E-state index >= 15 is 0 Å². The molecular formula is C24H29IN2O5. The molecule has 0 bridgehead atoms. The number of para-hydroxylation sites is 2. The molecule has 0 aliphatic carbocycles. The lowest BCUT2D eigenvalue weighted by Gasteiger charge is -2.00. The summed E-state index contributed by atoms with van der Waals surface area (Å²) in [4.78, 5) is 35.5. The van der Waals surface area contributed by atoms with Crippen LogP contribution in [0, 0.1) is 10.5 Å². The number of rotatable bonds is 5. The first-order valence-electron chi connectivity index (χ1n) is 10.1. The highest BCUT2D eigenvalue weighted by Gasteiger charge is 2.16. The second kappa shape index (κ2) is 14.2. The normalized spacial score (nSPS) is 9.66. The highest BCUT2D eigenvalue weighted by molar-refractivity contribution is 14.1. The zero-order chi connectivity index (χ0) is 24.1. The number of aryl methyl sites for hydroxylation is 1. The van der Waals surface area contributed by atoms with Crippen molar-refractivity contribution in [2.24, 2.45) is 0 Å². The highest BCUT2D eigenvalue weighted by atomic mass is 127. The maximum atomic E-state index is 11.7. The van der Waals surface area contributed by atoms with Gasteiger partial charge in [-0.15, -0.1) is 0 Å². The average molecular weight is 552 g/mol. The number of hydrogen-bond donors (Lipinski definition) is 2. The maximum absolute atomic E-state index is 11.7. The Bertz CT molecular complexity index is 1020. The van der Waals surface area contributed by atoms with Gasteiger partial charge in [0.1, 0.15) is 12.2 Å². The van der Waals surface area contributed by atoms with Crippen LogP contribution < -0.4 is 5.73 Å². The van der Waals surface area contributed by atoms with Crippen LogP contribution in [-0.4, -0.2) is 35.9 Å². The van der Waals surface area contributed by atoms with Crippen LogP contribution in [0.15, 0.2) is 48.5 Å². The molecule has 7 nitrogen and oxygen atoms in total. The van der Waals surface area contributed by atoms with Crippen LogP contribution in [-0.2, 0) is 19.1 Å². The molecule has 3 N–H and O–H groups in total. The number of hydrogen-bond acceptors (Lipinski definition) is 6. The number of esters is 2. The Morgan fingerprint density at radius 2 is 1.56 bits per heavy atom. The number of carbonyl (C=O) groups is 3. The number of carbonyl (C=O) groups excluding carboxylic acids is 3. The van der Waals surface area contributed by atoms with Crippen LogP contribution in [0.3, 0.4) is 0 Å². The number of aromatic amines is 1. The third-order valence-electron chi connectivity index (χ3n) is 3.98. The number of Topliss-reactive ketones (excluding diaryl/α,β-unsaturated/α-hetero) is 1. The van der Waals surface area contributed by atoms with Gasteiger partial charge in [0.15, 0.2) is 0 Å². The summed E-state index contributed by atoms with van der Waals surface area (Å²) in [6.07, 6.45) is -0.103. The number of nitrogens with one attached hydrogen (secondary N) is 1. The topological polar surface area (TPSA) is 111 Å². The van der Waals surface area contributed by atoms with Crippen molar-refractivity contribution in [2.75, 3.05) is 18.9 Å². The fraction of sp³-hybridized carbons (Fsp3) is 0.292. The van der Waals surface area contributed by atoms with Crippen LogP contribution in [0.5, 0.6) is 0 Å². The van der Waals surface area contributed by atoms with E-state index in [9.17, 15) is 14.4 Å². The molecule has 0 atom stereocenters. The van der Waals surface area contributed by atoms with Gasteiger partial charge in [-0.2, -0.15) is 0 Å². The monoisotopic (exact) mass is 552 g/mol. The summed E-state index contributed by atoms with van der Waals surface area (Å²) in [5.41, 5.74) is 8.84. The Morgan fingerprint density at radius 3 is 2.09 bits per heavy atom. The third-order valence-corrected chi connectivity index (χ3v) is 4.96. The van der Waals surface area contributed by atoms with Crippen molar-refractivity contribution >= 4 is 56.9 Å². The average Bonchev–Trinajstić information content (AvgIpc) is 3.07. The largest absolute Gasteiger partial charge is 0.466 e. The summed E-state index contributed by atoms with van der Waals surface area (Å²) < 4.78 is 10.6. The molecule has 0 spiro atoms. The van der Waals surface area contributed by atoms with E-state index in [-0.39, 0.29) is 18.2 Å². The molecule has 0 saturated carbocycles. The van der Waals surface area contributed by atoms with E-state index in [2.05, 4.69) is 32.3 Å². The van der Waals surface area contributed by atoms with E-state index in [1.54, 1.807) is 6.92 Å². The maximum Gasteiger partial charge on any atom is 0.340 e. The lowest BCUT2D eigenvalue weighted by molar-refractivity contribution is -0.145. The van der Waals surface area contributed by atoms with Crippen LogP contribution in [0.1, 0.15) is 43.2 Å². The Morgan fingerprint density at radius 1 is 0.969 bits per heavy atom. The number of H-pyrrole nitrogens is 1. The van der Waals surface area contributed by atoms with Crippen LogP contribution in [0.2, 0.25) is 0 Å². The number of ketones is 1. The molecule has 0 fully saturated rings. The number of ether oxygens (including phenoxy) is 2. The summed E-state index contributed by atoms with van der Waals surface area (Å²) in [5, 5.41) is 0.924. The number of aromatic nitrogens is 1. The fourth-order valence-corrected chi connectivity index (χ4v) is 3.02. The van der Waals surface area contributed by atoms with Gasteiger partial charge in [0.25, 0.3) is 0 Å². The van der Waals surface area contributed by atoms with Crippen LogP contribution in [0.4, 0.5) is 5.69 Å². The summed E-state index contributed by atoms with van der Waals surface area (Å²) >= 11 is 2.20. The predicted octanol–water partition coefficient (Wildman–Crippen LogP) is 5.06. The molecule has 0 saturated heterocycles. The second-order valence-corrected chi connectivity index (χ2v) is 7.76. The third kappa shape index (κ3) is 9.09. The summed E-state index contributed by atoms with van der Waals surface area (Å²) in [6, 6.07) is 15.5. The van der Waals surface area contributed by atoms with E-state index in [0.29, 0.717) is 18.8 Å². The van der Waals surface area contributed by atoms with E-state index in [1.165, 1.54) is 6.92 Å². The minimum absolute atomic E-state index is 0.103. The summed E-state index contributed by atoms with van der Waals surface area (Å²) in [5.74, 6) is -0.856. The summed E-state index contributed by atoms with van der Waals surface area (Å²) in [7, 11) is 0. The minimum Gasteiger partial charge on any atom is -0.466 e. The SMILES string of the molecule is CCOC(=O)CC(C)=O.CCOC(=O)c1c(C)[nH]c2ccccc12.Nc1ccccc1I. The van der Waals surface area contributed by atoms with Crippen molar-refractivity contribution in [3.05, 3.63) is 63.4 Å². The van der Waals surface area contributed by atoms with Gasteiger partial charge in [0.2, 0.25) is 0 Å². The zero-order valence-electron chi connectivity index (χ0n) is 18.7. The molecule has 2 aromatic carbocycles. The molecule has 8 heteroatoms. The molecule has 0 aliphatic rings. The predicted molar refractivity (Wildman–Crippen MR) is 134 cm³/mol. The van der Waals surface area contributed by atoms with Gasteiger partial charge in [-0.3, -0.25) is 9.59 Å². The minimum atomic E-state index is -0.440. The van der Waals surface area contributed by atoms with Crippen molar-refractivity contribution in [1.82, 2.24) is 4.98 Å². The number of nitrogens with two attached hydrogens (primary N) is 1. The number of anilines is 1. The lowest BCUT2D eigenvalue weighted by atomic mass is 10.1. The molecule has 0 radical (unpaired) electrons. The van der Waals surface area contributed by atoms with Crippen molar-refractivity contribution in [3.63, 3.8) is 0 Å². The van der Waals surface area contributed by atoms with Gasteiger partial charge in [0.05, 0.1) is 18.8 Å². The van der Waals surface area contributed by atoms with E-state index in [4.69, 9.17) is 10.5 Å². The van der Waals surface area contributed by atoms with E-state index in [0.717, 1.165) is 25.9 Å². The molecule has 3 aromatic rings. The van der Waals surface area contributed by atoms with Crippen molar-refractivity contribution in [2.45, 2.75) is 34.1 Å². The lowest BCUT2D eigenvalue weighted by Crippen LogP contribution is -2.07. The molecule has 0 aliphatic heterocycles. The molecule has 32 heavy (non-hydrogen) atoms. The Labute approximate surface area is 201 Å². The molecular weight excluding hydrogens is 523 g/mol. The number of halogens is 1.